The Balaban J connectivity index is 1.52. The number of benzene rings is 2. The largest absolute Gasteiger partial charge is 0.350 e. The molecule has 0 spiro atoms. The van der Waals surface area contributed by atoms with Gasteiger partial charge in [-0.2, -0.15) is 0 Å². The monoisotopic (exact) mass is 403 g/mol. The Morgan fingerprint density at radius 1 is 1.03 bits per heavy atom. The number of nitrogens with zero attached hydrogens (tertiary/aromatic N) is 2. The van der Waals surface area contributed by atoms with E-state index in [0.29, 0.717) is 16.8 Å². The number of hydrogen-bond acceptors (Lipinski definition) is 4. The van der Waals surface area contributed by atoms with E-state index in [-0.39, 0.29) is 18.0 Å². The fourth-order valence-electron chi connectivity index (χ4n) is 3.11. The van der Waals surface area contributed by atoms with E-state index in [4.69, 9.17) is 0 Å². The van der Waals surface area contributed by atoms with Gasteiger partial charge in [0.2, 0.25) is 5.91 Å². The first kappa shape index (κ1) is 19.1. The molecule has 0 aliphatic carbocycles. The molecule has 0 aliphatic rings. The van der Waals surface area contributed by atoms with Gasteiger partial charge in [-0.15, -0.1) is 11.3 Å². The molecule has 1 N–H and O–H groups in total. The normalized spacial score (nSPS) is 11.0. The first-order valence-electron chi connectivity index (χ1n) is 9.37. The van der Waals surface area contributed by atoms with Gasteiger partial charge < -0.3 is 5.32 Å². The molecule has 146 valence electrons. The molecule has 0 fully saturated rings. The minimum atomic E-state index is -0.218. The summed E-state index contributed by atoms with van der Waals surface area (Å²) in [4.78, 5) is 29.6. The van der Waals surface area contributed by atoms with Crippen molar-refractivity contribution in [2.75, 3.05) is 0 Å². The molecule has 0 bridgehead atoms. The lowest BCUT2D eigenvalue weighted by atomic mass is 10.1. The van der Waals surface area contributed by atoms with Crippen LogP contribution < -0.4 is 10.9 Å². The Kier molecular flexibility index (Phi) is 5.27. The van der Waals surface area contributed by atoms with Crippen LogP contribution in [0.5, 0.6) is 0 Å². The number of aromatic nitrogens is 2. The highest BCUT2D eigenvalue weighted by atomic mass is 32.1. The van der Waals surface area contributed by atoms with Crippen LogP contribution in [0.25, 0.3) is 21.3 Å². The molecule has 0 aliphatic heterocycles. The summed E-state index contributed by atoms with van der Waals surface area (Å²) in [6.07, 6.45) is 1.46. The molecule has 2 heterocycles. The predicted octanol–water partition coefficient (Wildman–Crippen LogP) is 4.06. The average Bonchev–Trinajstić information content (AvgIpc) is 3.15. The molecule has 6 heteroatoms. The third-order valence-electron chi connectivity index (χ3n) is 4.83. The highest BCUT2D eigenvalue weighted by Gasteiger charge is 2.14. The van der Waals surface area contributed by atoms with Crippen LogP contribution >= 0.6 is 11.3 Å². The quantitative estimate of drug-likeness (QED) is 0.547. The molecule has 0 radical (unpaired) electrons. The topological polar surface area (TPSA) is 64.0 Å². The molecule has 0 unspecified atom stereocenters. The van der Waals surface area contributed by atoms with E-state index in [2.05, 4.69) is 10.3 Å². The van der Waals surface area contributed by atoms with Crippen molar-refractivity contribution < 1.29 is 4.79 Å². The number of nitrogens with one attached hydrogen (secondary N) is 1. The summed E-state index contributed by atoms with van der Waals surface area (Å²) in [6.45, 7) is 4.44. The highest BCUT2D eigenvalue weighted by Crippen LogP contribution is 2.30. The van der Waals surface area contributed by atoms with E-state index >= 15 is 0 Å². The first-order chi connectivity index (χ1) is 14.0. The molecule has 29 heavy (non-hydrogen) atoms. The SMILES string of the molecule is Cc1ccc(CNC(=O)Cn2cnc3c(-c4ccc(C)cc4)csc3c2=O)cc1. The Bertz CT molecular complexity index is 1220. The fraction of sp³-hybridized carbons (Fsp3) is 0.174. The van der Waals surface area contributed by atoms with Crippen molar-refractivity contribution in [3.63, 3.8) is 0 Å². The second-order valence-corrected chi connectivity index (χ2v) is 8.01. The lowest BCUT2D eigenvalue weighted by Crippen LogP contribution is -2.31. The minimum Gasteiger partial charge on any atom is -0.350 e. The minimum absolute atomic E-state index is 0.0502. The molecular weight excluding hydrogens is 382 g/mol. The molecule has 0 saturated heterocycles. The smallest absolute Gasteiger partial charge is 0.271 e. The van der Waals surface area contributed by atoms with E-state index in [0.717, 1.165) is 16.7 Å². The number of hydrogen-bond donors (Lipinski definition) is 1. The van der Waals surface area contributed by atoms with Gasteiger partial charge in [-0.05, 0) is 25.0 Å². The zero-order valence-electron chi connectivity index (χ0n) is 16.3. The Morgan fingerprint density at radius 3 is 2.38 bits per heavy atom. The van der Waals surface area contributed by atoms with Crippen molar-refractivity contribution in [2.24, 2.45) is 0 Å². The van der Waals surface area contributed by atoms with Gasteiger partial charge >= 0.3 is 0 Å². The molecule has 4 rings (SSSR count). The fourth-order valence-corrected chi connectivity index (χ4v) is 4.09. The van der Waals surface area contributed by atoms with Gasteiger partial charge in [-0.1, -0.05) is 59.7 Å². The maximum absolute atomic E-state index is 12.8. The molecule has 4 aromatic rings. The standard InChI is InChI=1S/C23H21N3O2S/c1-15-3-7-17(8-4-15)11-24-20(27)12-26-14-25-21-19(13-29-22(21)23(26)28)18-9-5-16(2)6-10-18/h3-10,13-14H,11-12H2,1-2H3,(H,24,27). The van der Waals surface area contributed by atoms with Crippen molar-refractivity contribution in [3.05, 3.63) is 87.3 Å². The molecule has 0 atom stereocenters. The summed E-state index contributed by atoms with van der Waals surface area (Å²) in [7, 11) is 0. The van der Waals surface area contributed by atoms with Gasteiger partial charge in [0, 0.05) is 17.5 Å². The van der Waals surface area contributed by atoms with Crippen LogP contribution in [0.1, 0.15) is 16.7 Å². The number of amides is 1. The maximum atomic E-state index is 12.8. The summed E-state index contributed by atoms with van der Waals surface area (Å²) in [5.41, 5.74) is 5.84. The Hall–Kier alpha value is -3.25. The summed E-state index contributed by atoms with van der Waals surface area (Å²) >= 11 is 1.36. The van der Waals surface area contributed by atoms with Crippen LogP contribution in [0.4, 0.5) is 0 Å². The zero-order chi connectivity index (χ0) is 20.4. The van der Waals surface area contributed by atoms with E-state index in [9.17, 15) is 9.59 Å². The summed E-state index contributed by atoms with van der Waals surface area (Å²) in [5, 5.41) is 4.81. The molecule has 5 nitrogen and oxygen atoms in total. The average molecular weight is 404 g/mol. The molecule has 0 saturated carbocycles. The number of aryl methyl sites for hydroxylation is 2. The molecule has 2 aromatic heterocycles. The second-order valence-electron chi connectivity index (χ2n) is 7.13. The van der Waals surface area contributed by atoms with Crippen LogP contribution in [0.3, 0.4) is 0 Å². The first-order valence-corrected chi connectivity index (χ1v) is 10.2. The second kappa shape index (κ2) is 8.01. The van der Waals surface area contributed by atoms with Gasteiger partial charge in [-0.25, -0.2) is 4.98 Å². The van der Waals surface area contributed by atoms with Crippen molar-refractivity contribution in [1.82, 2.24) is 14.9 Å². The molecular formula is C23H21N3O2S. The summed E-state index contributed by atoms with van der Waals surface area (Å²) < 4.78 is 1.93. The van der Waals surface area contributed by atoms with Crippen molar-refractivity contribution >= 4 is 27.5 Å². The molecule has 2 aromatic carbocycles. The zero-order valence-corrected chi connectivity index (χ0v) is 17.1. The van der Waals surface area contributed by atoms with Gasteiger partial charge in [0.05, 0.1) is 11.8 Å². The maximum Gasteiger partial charge on any atom is 0.271 e. The van der Waals surface area contributed by atoms with Crippen molar-refractivity contribution in [1.29, 1.82) is 0 Å². The van der Waals surface area contributed by atoms with Gasteiger partial charge in [0.25, 0.3) is 5.56 Å². The van der Waals surface area contributed by atoms with Crippen LogP contribution in [-0.4, -0.2) is 15.5 Å². The summed E-state index contributed by atoms with van der Waals surface area (Å²) in [5.74, 6) is -0.218. The van der Waals surface area contributed by atoms with E-state index in [1.54, 1.807) is 0 Å². The number of rotatable bonds is 5. The number of fused-ring (bicyclic) bond motifs is 1. The van der Waals surface area contributed by atoms with Crippen LogP contribution in [0, 0.1) is 13.8 Å². The van der Waals surface area contributed by atoms with E-state index in [1.807, 2.05) is 67.8 Å². The lowest BCUT2D eigenvalue weighted by Gasteiger charge is -2.08. The van der Waals surface area contributed by atoms with E-state index in [1.165, 1.54) is 33.4 Å². The van der Waals surface area contributed by atoms with Gasteiger partial charge in [-0.3, -0.25) is 14.2 Å². The Morgan fingerprint density at radius 2 is 1.69 bits per heavy atom. The number of carbonyl (C=O) groups excluding carboxylic acids is 1. The summed E-state index contributed by atoms with van der Waals surface area (Å²) in [6, 6.07) is 16.1. The van der Waals surface area contributed by atoms with E-state index < -0.39 is 0 Å². The Labute approximate surface area is 172 Å². The third-order valence-corrected chi connectivity index (χ3v) is 5.79. The highest BCUT2D eigenvalue weighted by molar-refractivity contribution is 7.17. The molecule has 1 amide bonds. The number of carbonyl (C=O) groups is 1. The van der Waals surface area contributed by atoms with Crippen LogP contribution in [0.15, 0.2) is 65.0 Å². The third kappa shape index (κ3) is 4.12. The lowest BCUT2D eigenvalue weighted by molar-refractivity contribution is -0.121. The van der Waals surface area contributed by atoms with Crippen LogP contribution in [-0.2, 0) is 17.9 Å². The van der Waals surface area contributed by atoms with Crippen molar-refractivity contribution in [2.45, 2.75) is 26.9 Å². The van der Waals surface area contributed by atoms with Crippen LogP contribution in [0.2, 0.25) is 0 Å². The van der Waals surface area contributed by atoms with Crippen molar-refractivity contribution in [3.8, 4) is 11.1 Å². The number of thiophene rings is 1. The van der Waals surface area contributed by atoms with Gasteiger partial charge in [0.1, 0.15) is 11.2 Å². The predicted molar refractivity (Wildman–Crippen MR) is 117 cm³/mol. The van der Waals surface area contributed by atoms with Gasteiger partial charge in [0.15, 0.2) is 0 Å².